The van der Waals surface area contributed by atoms with Gasteiger partial charge in [0.25, 0.3) is 0 Å². The van der Waals surface area contributed by atoms with Crippen molar-refractivity contribution in [3.05, 3.63) is 17.8 Å². The highest BCUT2D eigenvalue weighted by atomic mass is 16.5. The van der Waals surface area contributed by atoms with Crippen molar-refractivity contribution in [3.63, 3.8) is 0 Å². The summed E-state index contributed by atoms with van der Waals surface area (Å²) in [6.07, 6.45) is 1.97. The van der Waals surface area contributed by atoms with Crippen LogP contribution in [-0.2, 0) is 16.1 Å². The molecule has 0 aromatic carbocycles. The fraction of sp³-hybridized carbons (Fsp3) is 0.417. The molecule has 2 aromatic rings. The lowest BCUT2D eigenvalue weighted by molar-refractivity contribution is -0.143. The van der Waals surface area contributed by atoms with Gasteiger partial charge in [0.2, 0.25) is 5.95 Å². The van der Waals surface area contributed by atoms with Crippen molar-refractivity contribution in [1.82, 2.24) is 14.5 Å². The van der Waals surface area contributed by atoms with Gasteiger partial charge in [-0.25, -0.2) is 9.97 Å². The van der Waals surface area contributed by atoms with Gasteiger partial charge in [0.15, 0.2) is 5.65 Å². The van der Waals surface area contributed by atoms with E-state index in [1.807, 2.05) is 13.0 Å². The van der Waals surface area contributed by atoms with Gasteiger partial charge < -0.3 is 10.5 Å². The molecular formula is C12H16N4O2. The number of anilines is 1. The lowest BCUT2D eigenvalue weighted by Crippen LogP contribution is -2.11. The lowest BCUT2D eigenvalue weighted by atomic mass is 10.3. The van der Waals surface area contributed by atoms with Crippen LogP contribution in [0.5, 0.6) is 0 Å². The zero-order valence-electron chi connectivity index (χ0n) is 10.5. The van der Waals surface area contributed by atoms with Gasteiger partial charge in [0.05, 0.1) is 13.0 Å². The Morgan fingerprint density at radius 3 is 3.06 bits per heavy atom. The third kappa shape index (κ3) is 2.27. The minimum atomic E-state index is -0.244. The Morgan fingerprint density at radius 2 is 2.33 bits per heavy atom. The molecule has 18 heavy (non-hydrogen) atoms. The maximum absolute atomic E-state index is 11.3. The maximum atomic E-state index is 11.3. The second kappa shape index (κ2) is 5.03. The van der Waals surface area contributed by atoms with E-state index in [2.05, 4.69) is 9.97 Å². The SMILES string of the molecule is CCOC(=O)CCn1c(N)nc2c(C)ccnc21. The van der Waals surface area contributed by atoms with Crippen molar-refractivity contribution in [1.29, 1.82) is 0 Å². The number of fused-ring (bicyclic) bond motifs is 1. The van der Waals surface area contributed by atoms with Crippen LogP contribution in [0.2, 0.25) is 0 Å². The van der Waals surface area contributed by atoms with Gasteiger partial charge in [0.1, 0.15) is 5.52 Å². The van der Waals surface area contributed by atoms with Gasteiger partial charge in [-0.1, -0.05) is 0 Å². The predicted octanol–water partition coefficient (Wildman–Crippen LogP) is 1.28. The van der Waals surface area contributed by atoms with Crippen LogP contribution < -0.4 is 5.73 Å². The number of carbonyl (C=O) groups is 1. The molecule has 0 saturated heterocycles. The molecule has 2 N–H and O–H groups in total. The van der Waals surface area contributed by atoms with Crippen LogP contribution in [0.1, 0.15) is 18.9 Å². The molecule has 0 fully saturated rings. The quantitative estimate of drug-likeness (QED) is 0.824. The summed E-state index contributed by atoms with van der Waals surface area (Å²) in [5, 5.41) is 0. The first-order chi connectivity index (χ1) is 8.63. The second-order valence-electron chi connectivity index (χ2n) is 3.98. The number of nitrogens with zero attached hydrogens (tertiary/aromatic N) is 3. The van der Waals surface area contributed by atoms with E-state index in [0.29, 0.717) is 24.7 Å². The molecule has 0 atom stereocenters. The highest BCUT2D eigenvalue weighted by Gasteiger charge is 2.12. The summed E-state index contributed by atoms with van der Waals surface area (Å²) >= 11 is 0. The van der Waals surface area contributed by atoms with Crippen molar-refractivity contribution in [2.75, 3.05) is 12.3 Å². The Bertz CT molecular complexity index is 577. The number of aryl methyl sites for hydroxylation is 2. The fourth-order valence-electron chi connectivity index (χ4n) is 1.81. The zero-order valence-corrected chi connectivity index (χ0v) is 10.5. The third-order valence-electron chi connectivity index (χ3n) is 2.71. The number of aromatic nitrogens is 3. The molecule has 0 aliphatic heterocycles. The maximum Gasteiger partial charge on any atom is 0.307 e. The van der Waals surface area contributed by atoms with Crippen LogP contribution in [0.4, 0.5) is 5.95 Å². The number of nitrogen functional groups attached to an aromatic ring is 1. The Hall–Kier alpha value is -2.11. The number of pyridine rings is 1. The topological polar surface area (TPSA) is 83.0 Å². The van der Waals surface area contributed by atoms with Crippen LogP contribution in [0.3, 0.4) is 0 Å². The minimum absolute atomic E-state index is 0.244. The highest BCUT2D eigenvalue weighted by molar-refractivity contribution is 5.77. The summed E-state index contributed by atoms with van der Waals surface area (Å²) in [6, 6.07) is 1.88. The molecule has 2 heterocycles. The Morgan fingerprint density at radius 1 is 1.56 bits per heavy atom. The van der Waals surface area contributed by atoms with Gasteiger partial charge in [-0.3, -0.25) is 9.36 Å². The summed E-state index contributed by atoms with van der Waals surface area (Å²) in [5.41, 5.74) is 8.34. The highest BCUT2D eigenvalue weighted by Crippen LogP contribution is 2.18. The van der Waals surface area contributed by atoms with Crippen molar-refractivity contribution < 1.29 is 9.53 Å². The molecule has 2 aromatic heterocycles. The average molecular weight is 248 g/mol. The zero-order chi connectivity index (χ0) is 13.1. The van der Waals surface area contributed by atoms with Crippen LogP contribution in [-0.4, -0.2) is 27.1 Å². The minimum Gasteiger partial charge on any atom is -0.466 e. The van der Waals surface area contributed by atoms with Crippen molar-refractivity contribution >= 4 is 23.1 Å². The van der Waals surface area contributed by atoms with E-state index >= 15 is 0 Å². The number of ether oxygens (including phenoxy) is 1. The Kier molecular flexibility index (Phi) is 3.45. The summed E-state index contributed by atoms with van der Waals surface area (Å²) < 4.78 is 6.62. The molecule has 0 bridgehead atoms. The van der Waals surface area contributed by atoms with E-state index in [1.165, 1.54) is 0 Å². The Balaban J connectivity index is 2.25. The van der Waals surface area contributed by atoms with E-state index < -0.39 is 0 Å². The van der Waals surface area contributed by atoms with Crippen molar-refractivity contribution in [2.24, 2.45) is 0 Å². The normalized spacial score (nSPS) is 10.8. The smallest absolute Gasteiger partial charge is 0.307 e. The Labute approximate surface area is 105 Å². The largest absolute Gasteiger partial charge is 0.466 e. The summed E-state index contributed by atoms with van der Waals surface area (Å²) in [5.74, 6) is 0.127. The lowest BCUT2D eigenvalue weighted by Gasteiger charge is -2.05. The van der Waals surface area contributed by atoms with Crippen molar-refractivity contribution in [3.8, 4) is 0 Å². The van der Waals surface area contributed by atoms with Crippen LogP contribution in [0, 0.1) is 6.92 Å². The number of hydrogen-bond donors (Lipinski definition) is 1. The molecule has 0 aliphatic rings. The second-order valence-corrected chi connectivity index (χ2v) is 3.98. The number of rotatable bonds is 4. The first kappa shape index (κ1) is 12.3. The molecule has 0 spiro atoms. The molecule has 6 heteroatoms. The predicted molar refractivity (Wildman–Crippen MR) is 67.9 cm³/mol. The van der Waals surface area contributed by atoms with E-state index in [1.54, 1.807) is 17.7 Å². The molecular weight excluding hydrogens is 232 g/mol. The van der Waals surface area contributed by atoms with E-state index in [9.17, 15) is 4.79 Å². The molecule has 0 saturated carbocycles. The van der Waals surface area contributed by atoms with Crippen LogP contribution in [0.15, 0.2) is 12.3 Å². The molecule has 6 nitrogen and oxygen atoms in total. The summed E-state index contributed by atoms with van der Waals surface area (Å²) in [6.45, 7) is 4.55. The number of carbonyl (C=O) groups excluding carboxylic acids is 1. The monoisotopic (exact) mass is 248 g/mol. The van der Waals surface area contributed by atoms with E-state index in [-0.39, 0.29) is 12.4 Å². The molecule has 0 unspecified atom stereocenters. The van der Waals surface area contributed by atoms with Gasteiger partial charge >= 0.3 is 5.97 Å². The molecule has 0 radical (unpaired) electrons. The average Bonchev–Trinajstić information content (AvgIpc) is 2.65. The van der Waals surface area contributed by atoms with Gasteiger partial charge in [-0.15, -0.1) is 0 Å². The number of esters is 1. The number of nitrogens with two attached hydrogens (primary N) is 1. The molecule has 96 valence electrons. The molecule has 0 amide bonds. The third-order valence-corrected chi connectivity index (χ3v) is 2.71. The fourth-order valence-corrected chi connectivity index (χ4v) is 1.81. The van der Waals surface area contributed by atoms with E-state index in [4.69, 9.17) is 10.5 Å². The van der Waals surface area contributed by atoms with Crippen LogP contribution in [0.25, 0.3) is 11.2 Å². The first-order valence-electron chi connectivity index (χ1n) is 5.86. The van der Waals surface area contributed by atoms with Crippen molar-refractivity contribution in [2.45, 2.75) is 26.8 Å². The van der Waals surface area contributed by atoms with Gasteiger partial charge in [-0.2, -0.15) is 0 Å². The molecule has 2 rings (SSSR count). The first-order valence-corrected chi connectivity index (χ1v) is 5.86. The number of imidazole rings is 1. The number of hydrogen-bond acceptors (Lipinski definition) is 5. The van der Waals surface area contributed by atoms with Gasteiger partial charge in [0, 0.05) is 12.7 Å². The van der Waals surface area contributed by atoms with E-state index in [0.717, 1.165) is 11.1 Å². The van der Waals surface area contributed by atoms with Gasteiger partial charge in [-0.05, 0) is 25.5 Å². The van der Waals surface area contributed by atoms with Crippen LogP contribution >= 0.6 is 0 Å². The standard InChI is InChI=1S/C12H16N4O2/c1-3-18-9(17)5-7-16-11-10(15-12(16)13)8(2)4-6-14-11/h4,6H,3,5,7H2,1-2H3,(H2,13,15). The summed E-state index contributed by atoms with van der Waals surface area (Å²) in [4.78, 5) is 19.9. The summed E-state index contributed by atoms with van der Waals surface area (Å²) in [7, 11) is 0. The molecule has 0 aliphatic carbocycles.